The Labute approximate surface area is 130 Å². The van der Waals surface area contributed by atoms with Gasteiger partial charge in [-0.1, -0.05) is 6.07 Å². The van der Waals surface area contributed by atoms with Crippen LogP contribution in [0.2, 0.25) is 0 Å². The summed E-state index contributed by atoms with van der Waals surface area (Å²) in [6.45, 7) is 7.22. The summed E-state index contributed by atoms with van der Waals surface area (Å²) in [6.07, 6.45) is 2.44. The van der Waals surface area contributed by atoms with Crippen LogP contribution in [0.25, 0.3) is 0 Å². The Morgan fingerprint density at radius 2 is 2.33 bits per heavy atom. The molecule has 2 saturated heterocycles. The molecule has 3 unspecified atom stereocenters. The molecule has 2 aliphatic heterocycles. The Bertz CT molecular complexity index is 477. The lowest BCUT2D eigenvalue weighted by molar-refractivity contribution is -0.136. The molecule has 1 amide bonds. The number of rotatable bonds is 3. The summed E-state index contributed by atoms with van der Waals surface area (Å²) >= 11 is 1.76. The van der Waals surface area contributed by atoms with E-state index in [-0.39, 0.29) is 12.0 Å². The molecule has 0 spiro atoms. The summed E-state index contributed by atoms with van der Waals surface area (Å²) < 4.78 is 5.64. The summed E-state index contributed by atoms with van der Waals surface area (Å²) in [5, 5.41) is 2.10. The van der Waals surface area contributed by atoms with E-state index in [1.165, 1.54) is 4.88 Å². The first kappa shape index (κ1) is 15.0. The predicted molar refractivity (Wildman–Crippen MR) is 84.5 cm³/mol. The number of hydrogen-bond acceptors (Lipinski definition) is 4. The van der Waals surface area contributed by atoms with Crippen molar-refractivity contribution in [2.45, 2.75) is 44.9 Å². The number of amides is 1. The number of ether oxygens (including phenoxy) is 1. The van der Waals surface area contributed by atoms with Crippen molar-refractivity contribution >= 4 is 17.2 Å². The summed E-state index contributed by atoms with van der Waals surface area (Å²) in [6, 6.07) is 4.85. The Balaban J connectivity index is 1.64. The van der Waals surface area contributed by atoms with Gasteiger partial charge >= 0.3 is 0 Å². The van der Waals surface area contributed by atoms with Crippen molar-refractivity contribution < 1.29 is 9.53 Å². The largest absolute Gasteiger partial charge is 0.376 e. The SMILES string of the molecule is CC1CN(CC(=O)N2CCCC2c2cccs2)C(C)CO1. The van der Waals surface area contributed by atoms with Gasteiger partial charge in [0.25, 0.3) is 0 Å². The molecule has 3 atom stereocenters. The number of likely N-dealkylation sites (tertiary alicyclic amines) is 1. The standard InChI is InChI=1S/C16H24N2O2S/c1-12-11-20-13(2)9-17(12)10-16(19)18-7-3-5-14(18)15-6-4-8-21-15/h4,6,8,12-14H,3,5,7,9-11H2,1-2H3. The minimum atomic E-state index is 0.223. The third-order valence-corrected chi connectivity index (χ3v) is 5.49. The quantitative estimate of drug-likeness (QED) is 0.860. The van der Waals surface area contributed by atoms with E-state index < -0.39 is 0 Å². The van der Waals surface area contributed by atoms with Gasteiger partial charge in [0.15, 0.2) is 0 Å². The fourth-order valence-electron chi connectivity index (χ4n) is 3.30. The van der Waals surface area contributed by atoms with Gasteiger partial charge in [-0.25, -0.2) is 0 Å². The van der Waals surface area contributed by atoms with Crippen molar-refractivity contribution in [2.75, 3.05) is 26.2 Å². The second kappa shape index (κ2) is 6.46. The van der Waals surface area contributed by atoms with Crippen LogP contribution in [-0.4, -0.2) is 54.1 Å². The smallest absolute Gasteiger partial charge is 0.237 e. The second-order valence-corrected chi connectivity index (χ2v) is 7.16. The normalized spacial score (nSPS) is 30.8. The average molecular weight is 308 g/mol. The summed E-state index contributed by atoms with van der Waals surface area (Å²) in [5.74, 6) is 0.270. The molecule has 3 rings (SSSR count). The molecule has 0 bridgehead atoms. The maximum atomic E-state index is 12.7. The maximum Gasteiger partial charge on any atom is 0.237 e. The lowest BCUT2D eigenvalue weighted by Crippen LogP contribution is -2.51. The van der Waals surface area contributed by atoms with Crippen LogP contribution in [0.15, 0.2) is 17.5 Å². The molecular weight excluding hydrogens is 284 g/mol. The molecule has 116 valence electrons. The predicted octanol–water partition coefficient (Wildman–Crippen LogP) is 2.52. The fourth-order valence-corrected chi connectivity index (χ4v) is 4.17. The molecule has 3 heterocycles. The summed E-state index contributed by atoms with van der Waals surface area (Å²) in [4.78, 5) is 18.4. The van der Waals surface area contributed by atoms with Crippen LogP contribution in [0.3, 0.4) is 0 Å². The third-order valence-electron chi connectivity index (χ3n) is 4.52. The molecule has 1 aromatic heterocycles. The lowest BCUT2D eigenvalue weighted by Gasteiger charge is -2.37. The Hall–Kier alpha value is -0.910. The highest BCUT2D eigenvalue weighted by atomic mass is 32.1. The van der Waals surface area contributed by atoms with Gasteiger partial charge < -0.3 is 9.64 Å². The van der Waals surface area contributed by atoms with Gasteiger partial charge in [0, 0.05) is 24.0 Å². The number of carbonyl (C=O) groups excluding carboxylic acids is 1. The summed E-state index contributed by atoms with van der Waals surface area (Å²) in [5.41, 5.74) is 0. The molecule has 1 aromatic rings. The van der Waals surface area contributed by atoms with Crippen molar-refractivity contribution in [3.8, 4) is 0 Å². The van der Waals surface area contributed by atoms with E-state index in [4.69, 9.17) is 4.74 Å². The van der Waals surface area contributed by atoms with Gasteiger partial charge in [0.05, 0.1) is 25.3 Å². The topological polar surface area (TPSA) is 32.8 Å². The highest BCUT2D eigenvalue weighted by Crippen LogP contribution is 2.34. The van der Waals surface area contributed by atoms with Crippen molar-refractivity contribution in [1.29, 1.82) is 0 Å². The number of nitrogens with zero attached hydrogens (tertiary/aromatic N) is 2. The fraction of sp³-hybridized carbons (Fsp3) is 0.688. The van der Waals surface area contributed by atoms with Crippen molar-refractivity contribution in [3.63, 3.8) is 0 Å². The monoisotopic (exact) mass is 308 g/mol. The third kappa shape index (κ3) is 3.30. The first-order valence-corrected chi connectivity index (χ1v) is 8.71. The van der Waals surface area contributed by atoms with E-state index in [0.29, 0.717) is 18.6 Å². The van der Waals surface area contributed by atoms with Crippen LogP contribution < -0.4 is 0 Å². The number of carbonyl (C=O) groups is 1. The van der Waals surface area contributed by atoms with E-state index in [1.54, 1.807) is 11.3 Å². The highest BCUT2D eigenvalue weighted by molar-refractivity contribution is 7.10. The van der Waals surface area contributed by atoms with E-state index in [1.807, 2.05) is 0 Å². The Morgan fingerprint density at radius 3 is 3.10 bits per heavy atom. The summed E-state index contributed by atoms with van der Waals surface area (Å²) in [7, 11) is 0. The first-order valence-electron chi connectivity index (χ1n) is 7.83. The molecule has 5 heteroatoms. The zero-order valence-corrected chi connectivity index (χ0v) is 13.6. The van der Waals surface area contributed by atoms with Crippen LogP contribution in [0.1, 0.15) is 37.6 Å². The van der Waals surface area contributed by atoms with E-state index in [0.717, 1.165) is 32.5 Å². The van der Waals surface area contributed by atoms with E-state index in [9.17, 15) is 4.79 Å². The van der Waals surface area contributed by atoms with E-state index >= 15 is 0 Å². The van der Waals surface area contributed by atoms with Crippen LogP contribution in [0, 0.1) is 0 Å². The molecule has 0 N–H and O–H groups in total. The van der Waals surface area contributed by atoms with Crippen molar-refractivity contribution in [1.82, 2.24) is 9.80 Å². The second-order valence-electron chi connectivity index (χ2n) is 6.18. The van der Waals surface area contributed by atoms with Gasteiger partial charge in [-0.3, -0.25) is 9.69 Å². The molecule has 2 fully saturated rings. The first-order chi connectivity index (χ1) is 10.1. The molecule has 0 saturated carbocycles. The molecular formula is C16H24N2O2S. The van der Waals surface area contributed by atoms with Crippen LogP contribution in [0.4, 0.5) is 0 Å². The highest BCUT2D eigenvalue weighted by Gasteiger charge is 2.33. The number of thiophene rings is 1. The Kier molecular flexibility index (Phi) is 4.62. The lowest BCUT2D eigenvalue weighted by atomic mass is 10.1. The van der Waals surface area contributed by atoms with Gasteiger partial charge in [0.2, 0.25) is 5.91 Å². The molecule has 21 heavy (non-hydrogen) atoms. The van der Waals surface area contributed by atoms with Crippen molar-refractivity contribution in [3.05, 3.63) is 22.4 Å². The van der Waals surface area contributed by atoms with Gasteiger partial charge in [-0.15, -0.1) is 11.3 Å². The number of morpholine rings is 1. The maximum absolute atomic E-state index is 12.7. The zero-order chi connectivity index (χ0) is 14.8. The van der Waals surface area contributed by atoms with Crippen LogP contribution in [0.5, 0.6) is 0 Å². The van der Waals surface area contributed by atoms with Gasteiger partial charge in [-0.05, 0) is 38.1 Å². The molecule has 2 aliphatic rings. The average Bonchev–Trinajstić information content (AvgIpc) is 3.12. The Morgan fingerprint density at radius 1 is 1.48 bits per heavy atom. The minimum absolute atomic E-state index is 0.223. The minimum Gasteiger partial charge on any atom is -0.376 e. The van der Waals surface area contributed by atoms with Crippen molar-refractivity contribution in [2.24, 2.45) is 0 Å². The van der Waals surface area contributed by atoms with E-state index in [2.05, 4.69) is 41.2 Å². The van der Waals surface area contributed by atoms with Crippen LogP contribution in [-0.2, 0) is 9.53 Å². The number of hydrogen-bond donors (Lipinski definition) is 0. The van der Waals surface area contributed by atoms with Crippen LogP contribution >= 0.6 is 11.3 Å². The molecule has 0 aliphatic carbocycles. The zero-order valence-electron chi connectivity index (χ0n) is 12.8. The van der Waals surface area contributed by atoms with Gasteiger partial charge in [0.1, 0.15) is 0 Å². The molecule has 4 nitrogen and oxygen atoms in total. The molecule has 0 aromatic carbocycles. The van der Waals surface area contributed by atoms with Gasteiger partial charge in [-0.2, -0.15) is 0 Å². The molecule has 0 radical (unpaired) electrons.